The van der Waals surface area contributed by atoms with E-state index in [0.29, 0.717) is 12.4 Å². The summed E-state index contributed by atoms with van der Waals surface area (Å²) in [5.74, 6) is 0.964. The van der Waals surface area contributed by atoms with E-state index in [-0.39, 0.29) is 11.7 Å². The van der Waals surface area contributed by atoms with Gasteiger partial charge >= 0.3 is 0 Å². The number of carbonyl (C=O) groups excluding carboxylic acids is 1. The second-order valence-corrected chi connectivity index (χ2v) is 5.67. The Balaban J connectivity index is 1.88. The third-order valence-electron chi connectivity index (χ3n) is 4.12. The van der Waals surface area contributed by atoms with Crippen molar-refractivity contribution < 1.29 is 9.53 Å². The fraction of sp³-hybridized carbons (Fsp3) is 0.316. The van der Waals surface area contributed by atoms with E-state index < -0.39 is 0 Å². The fourth-order valence-electron chi connectivity index (χ4n) is 3.08. The molecule has 3 rings (SSSR count). The maximum atomic E-state index is 12.9. The molecule has 1 aliphatic rings. The molecule has 0 aliphatic heterocycles. The Morgan fingerprint density at radius 1 is 1.14 bits per heavy atom. The van der Waals surface area contributed by atoms with E-state index in [1.807, 2.05) is 44.2 Å². The van der Waals surface area contributed by atoms with E-state index in [4.69, 9.17) is 4.74 Å². The van der Waals surface area contributed by atoms with Crippen molar-refractivity contribution in [2.75, 3.05) is 6.61 Å². The fourth-order valence-corrected chi connectivity index (χ4v) is 3.08. The zero-order chi connectivity index (χ0) is 14.8. The summed E-state index contributed by atoms with van der Waals surface area (Å²) in [6, 6.07) is 14.2. The summed E-state index contributed by atoms with van der Waals surface area (Å²) in [5.41, 5.74) is 4.44. The molecule has 2 heteroatoms. The number of fused-ring (bicyclic) bond motifs is 1. The van der Waals surface area contributed by atoms with Crippen molar-refractivity contribution in [3.05, 3.63) is 64.7 Å². The normalized spacial score (nSPS) is 14.0. The smallest absolute Gasteiger partial charge is 0.170 e. The van der Waals surface area contributed by atoms with Crippen LogP contribution in [0.25, 0.3) is 0 Å². The third kappa shape index (κ3) is 2.71. The molecule has 0 saturated carbocycles. The molecule has 0 spiro atoms. The first kappa shape index (κ1) is 13.9. The molecule has 108 valence electrons. The molecular weight excluding hydrogens is 260 g/mol. The number of benzene rings is 2. The molecule has 2 aromatic carbocycles. The molecule has 0 N–H and O–H groups in total. The van der Waals surface area contributed by atoms with E-state index in [0.717, 1.165) is 24.0 Å². The summed E-state index contributed by atoms with van der Waals surface area (Å²) in [6.07, 6.45) is 1.68. The summed E-state index contributed by atoms with van der Waals surface area (Å²) in [7, 11) is 0. The summed E-state index contributed by atoms with van der Waals surface area (Å²) in [5, 5.41) is 0. The highest BCUT2D eigenvalue weighted by Gasteiger charge is 2.29. The molecule has 0 unspecified atom stereocenters. The molecule has 21 heavy (non-hydrogen) atoms. The lowest BCUT2D eigenvalue weighted by molar-refractivity contribution is 0.0921. The van der Waals surface area contributed by atoms with Crippen molar-refractivity contribution in [1.82, 2.24) is 0 Å². The number of hydrogen-bond donors (Lipinski definition) is 0. The SMILES string of the molecule is CCOc1ccc(C)cc1C(=O)C1Cc2ccccc2C1. The Labute approximate surface area is 125 Å². The van der Waals surface area contributed by atoms with Crippen molar-refractivity contribution in [2.24, 2.45) is 5.92 Å². The highest BCUT2D eigenvalue weighted by Crippen LogP contribution is 2.31. The first-order valence-corrected chi connectivity index (χ1v) is 7.53. The van der Waals surface area contributed by atoms with E-state index in [1.54, 1.807) is 0 Å². The minimum absolute atomic E-state index is 0.0448. The van der Waals surface area contributed by atoms with E-state index in [1.165, 1.54) is 11.1 Å². The standard InChI is InChI=1S/C19H20O2/c1-3-21-18-9-8-13(2)10-17(18)19(20)16-11-14-6-4-5-7-15(14)12-16/h4-10,16H,3,11-12H2,1-2H3. The van der Waals surface area contributed by atoms with Gasteiger partial charge < -0.3 is 4.74 Å². The van der Waals surface area contributed by atoms with Crippen molar-refractivity contribution in [1.29, 1.82) is 0 Å². The van der Waals surface area contributed by atoms with Gasteiger partial charge in [-0.2, -0.15) is 0 Å². The Kier molecular flexibility index (Phi) is 3.78. The van der Waals surface area contributed by atoms with Gasteiger partial charge in [-0.25, -0.2) is 0 Å². The van der Waals surface area contributed by atoms with Gasteiger partial charge in [-0.1, -0.05) is 35.9 Å². The van der Waals surface area contributed by atoms with Gasteiger partial charge in [0.2, 0.25) is 0 Å². The Morgan fingerprint density at radius 2 is 1.81 bits per heavy atom. The van der Waals surface area contributed by atoms with Crippen LogP contribution in [-0.4, -0.2) is 12.4 Å². The molecule has 0 radical (unpaired) electrons. The van der Waals surface area contributed by atoms with E-state index >= 15 is 0 Å². The van der Waals surface area contributed by atoms with Gasteiger partial charge in [-0.3, -0.25) is 4.79 Å². The number of rotatable bonds is 4. The third-order valence-corrected chi connectivity index (χ3v) is 4.12. The van der Waals surface area contributed by atoms with Crippen molar-refractivity contribution in [3.8, 4) is 5.75 Å². The van der Waals surface area contributed by atoms with Crippen LogP contribution in [0.2, 0.25) is 0 Å². The van der Waals surface area contributed by atoms with Crippen LogP contribution in [0.3, 0.4) is 0 Å². The number of hydrogen-bond acceptors (Lipinski definition) is 2. The molecule has 0 bridgehead atoms. The van der Waals surface area contributed by atoms with Crippen LogP contribution in [0.4, 0.5) is 0 Å². The lowest BCUT2D eigenvalue weighted by Gasteiger charge is -2.13. The van der Waals surface area contributed by atoms with Crippen LogP contribution in [0.15, 0.2) is 42.5 Å². The number of aryl methyl sites for hydroxylation is 1. The van der Waals surface area contributed by atoms with Gasteiger partial charge in [-0.05, 0) is 49.9 Å². The zero-order valence-electron chi connectivity index (χ0n) is 12.6. The number of carbonyl (C=O) groups is 1. The number of ketones is 1. The topological polar surface area (TPSA) is 26.3 Å². The van der Waals surface area contributed by atoms with Crippen molar-refractivity contribution in [2.45, 2.75) is 26.7 Å². The highest BCUT2D eigenvalue weighted by atomic mass is 16.5. The molecule has 2 aromatic rings. The average Bonchev–Trinajstić information content (AvgIpc) is 2.92. The van der Waals surface area contributed by atoms with Gasteiger partial charge in [0.05, 0.1) is 12.2 Å². The Hall–Kier alpha value is -2.09. The predicted molar refractivity (Wildman–Crippen MR) is 84.0 cm³/mol. The maximum absolute atomic E-state index is 12.9. The molecular formula is C19H20O2. The van der Waals surface area contributed by atoms with Crippen molar-refractivity contribution in [3.63, 3.8) is 0 Å². The van der Waals surface area contributed by atoms with Gasteiger partial charge in [-0.15, -0.1) is 0 Å². The minimum Gasteiger partial charge on any atom is -0.493 e. The van der Waals surface area contributed by atoms with Crippen LogP contribution in [0.1, 0.15) is 34.0 Å². The molecule has 1 aliphatic carbocycles. The van der Waals surface area contributed by atoms with E-state index in [9.17, 15) is 4.79 Å². The van der Waals surface area contributed by atoms with Crippen LogP contribution in [0, 0.1) is 12.8 Å². The van der Waals surface area contributed by atoms with E-state index in [2.05, 4.69) is 12.1 Å². The second kappa shape index (κ2) is 5.72. The molecule has 0 fully saturated rings. The molecule has 2 nitrogen and oxygen atoms in total. The van der Waals surface area contributed by atoms with Crippen LogP contribution >= 0.6 is 0 Å². The Bertz CT molecular complexity index is 648. The molecule has 0 amide bonds. The van der Waals surface area contributed by atoms with Gasteiger partial charge in [0.1, 0.15) is 5.75 Å². The van der Waals surface area contributed by atoms with Crippen LogP contribution in [0.5, 0.6) is 5.75 Å². The maximum Gasteiger partial charge on any atom is 0.170 e. The summed E-state index contributed by atoms with van der Waals surface area (Å²) < 4.78 is 5.63. The first-order chi connectivity index (χ1) is 10.2. The quantitative estimate of drug-likeness (QED) is 0.791. The summed E-state index contributed by atoms with van der Waals surface area (Å²) in [4.78, 5) is 12.9. The van der Waals surface area contributed by atoms with Gasteiger partial charge in [0.25, 0.3) is 0 Å². The first-order valence-electron chi connectivity index (χ1n) is 7.53. The van der Waals surface area contributed by atoms with Crippen LogP contribution < -0.4 is 4.74 Å². The van der Waals surface area contributed by atoms with Gasteiger partial charge in [0.15, 0.2) is 5.78 Å². The average molecular weight is 280 g/mol. The number of ether oxygens (including phenoxy) is 1. The molecule has 0 saturated heterocycles. The lowest BCUT2D eigenvalue weighted by Crippen LogP contribution is -2.16. The van der Waals surface area contributed by atoms with Gasteiger partial charge in [0, 0.05) is 5.92 Å². The highest BCUT2D eigenvalue weighted by molar-refractivity contribution is 6.01. The lowest BCUT2D eigenvalue weighted by atomic mass is 9.93. The van der Waals surface area contributed by atoms with Crippen molar-refractivity contribution >= 4 is 5.78 Å². The minimum atomic E-state index is 0.0448. The molecule has 0 atom stereocenters. The Morgan fingerprint density at radius 3 is 2.43 bits per heavy atom. The number of Topliss-reactive ketones (excluding diaryl/α,β-unsaturated/α-hetero) is 1. The largest absolute Gasteiger partial charge is 0.493 e. The summed E-state index contributed by atoms with van der Waals surface area (Å²) >= 11 is 0. The second-order valence-electron chi connectivity index (χ2n) is 5.67. The summed E-state index contributed by atoms with van der Waals surface area (Å²) in [6.45, 7) is 4.53. The predicted octanol–water partition coefficient (Wildman–Crippen LogP) is 3.99. The van der Waals surface area contributed by atoms with Crippen LogP contribution in [-0.2, 0) is 12.8 Å². The molecule has 0 heterocycles. The zero-order valence-corrected chi connectivity index (χ0v) is 12.6. The molecule has 0 aromatic heterocycles. The monoisotopic (exact) mass is 280 g/mol.